The summed E-state index contributed by atoms with van der Waals surface area (Å²) < 4.78 is 29.3. The quantitative estimate of drug-likeness (QED) is 0.224. The van der Waals surface area contributed by atoms with E-state index in [9.17, 15) is 9.18 Å². The molecule has 154 valence electrons. The van der Waals surface area contributed by atoms with Gasteiger partial charge in [-0.2, -0.15) is 5.10 Å². The standard InChI is InChI=1S/C20H22FN3O4S/c1-13(12-26-2)23-20(29)24-22-11-14-8-9-17(18(10-14)27-3)28-19(25)15-6-4-5-7-16(15)21/h4-11,13H,12H2,1-3H3,(H2,23,24,29)/b22-11-/t13-/m0/s1. The number of carbonyl (C=O) groups is 1. The number of rotatable bonds is 8. The van der Waals surface area contributed by atoms with Gasteiger partial charge >= 0.3 is 5.97 Å². The van der Waals surface area contributed by atoms with Gasteiger partial charge in [0.2, 0.25) is 0 Å². The Kier molecular flexibility index (Phi) is 8.50. The zero-order chi connectivity index (χ0) is 21.2. The highest BCUT2D eigenvalue weighted by Crippen LogP contribution is 2.28. The number of nitrogens with one attached hydrogen (secondary N) is 2. The summed E-state index contributed by atoms with van der Waals surface area (Å²) in [6.45, 7) is 2.43. The van der Waals surface area contributed by atoms with E-state index >= 15 is 0 Å². The van der Waals surface area contributed by atoms with E-state index in [1.807, 2.05) is 6.92 Å². The average Bonchev–Trinajstić information content (AvgIpc) is 2.69. The smallest absolute Gasteiger partial charge is 0.346 e. The van der Waals surface area contributed by atoms with Crippen molar-refractivity contribution in [2.24, 2.45) is 5.10 Å². The Labute approximate surface area is 173 Å². The highest BCUT2D eigenvalue weighted by atomic mass is 32.1. The van der Waals surface area contributed by atoms with Gasteiger partial charge in [-0.15, -0.1) is 0 Å². The summed E-state index contributed by atoms with van der Waals surface area (Å²) >= 11 is 5.13. The monoisotopic (exact) mass is 419 g/mol. The lowest BCUT2D eigenvalue weighted by molar-refractivity contribution is 0.0725. The molecular weight excluding hydrogens is 397 g/mol. The minimum atomic E-state index is -0.814. The summed E-state index contributed by atoms with van der Waals surface area (Å²) in [5, 5.41) is 7.41. The lowest BCUT2D eigenvalue weighted by Gasteiger charge is -2.13. The fourth-order valence-electron chi connectivity index (χ4n) is 2.34. The molecule has 2 aromatic rings. The van der Waals surface area contributed by atoms with Crippen LogP contribution in [0.1, 0.15) is 22.8 Å². The maximum absolute atomic E-state index is 13.7. The number of hydrazone groups is 1. The number of carbonyl (C=O) groups excluding carboxylic acids is 1. The summed E-state index contributed by atoms with van der Waals surface area (Å²) in [6, 6.07) is 10.5. The van der Waals surface area contributed by atoms with Crippen LogP contribution in [0.25, 0.3) is 0 Å². The van der Waals surface area contributed by atoms with E-state index in [2.05, 4.69) is 15.8 Å². The Morgan fingerprint density at radius 3 is 2.69 bits per heavy atom. The van der Waals surface area contributed by atoms with E-state index in [4.69, 9.17) is 26.4 Å². The molecule has 7 nitrogen and oxygen atoms in total. The zero-order valence-electron chi connectivity index (χ0n) is 16.3. The fraction of sp³-hybridized carbons (Fsp3) is 0.250. The fourth-order valence-corrected chi connectivity index (χ4v) is 2.60. The van der Waals surface area contributed by atoms with Gasteiger partial charge in [0.1, 0.15) is 5.82 Å². The second-order valence-corrected chi connectivity index (χ2v) is 6.39. The summed E-state index contributed by atoms with van der Waals surface area (Å²) in [5.74, 6) is -1.01. The van der Waals surface area contributed by atoms with Crippen molar-refractivity contribution in [2.75, 3.05) is 20.8 Å². The number of halogens is 1. The predicted molar refractivity (Wildman–Crippen MR) is 112 cm³/mol. The molecule has 0 amide bonds. The second-order valence-electron chi connectivity index (χ2n) is 5.98. The molecule has 2 N–H and O–H groups in total. The summed E-state index contributed by atoms with van der Waals surface area (Å²) in [5.41, 5.74) is 3.21. The van der Waals surface area contributed by atoms with E-state index < -0.39 is 11.8 Å². The summed E-state index contributed by atoms with van der Waals surface area (Å²) in [7, 11) is 3.04. The molecule has 29 heavy (non-hydrogen) atoms. The van der Waals surface area contributed by atoms with Crippen molar-refractivity contribution in [1.82, 2.24) is 10.7 Å². The van der Waals surface area contributed by atoms with Crippen LogP contribution in [0, 0.1) is 5.82 Å². The molecule has 2 rings (SSSR count). The van der Waals surface area contributed by atoms with Crippen LogP contribution in [0.5, 0.6) is 11.5 Å². The Hall–Kier alpha value is -3.04. The van der Waals surface area contributed by atoms with Crippen molar-refractivity contribution in [3.05, 3.63) is 59.4 Å². The third kappa shape index (κ3) is 6.81. The maximum atomic E-state index is 13.7. The third-order valence-electron chi connectivity index (χ3n) is 3.66. The highest BCUT2D eigenvalue weighted by molar-refractivity contribution is 7.80. The second kappa shape index (κ2) is 11.1. The number of methoxy groups -OCH3 is 2. The number of hydrogen-bond acceptors (Lipinski definition) is 6. The normalized spacial score (nSPS) is 11.7. The topological polar surface area (TPSA) is 81.2 Å². The van der Waals surface area contributed by atoms with Gasteiger partial charge in [0, 0.05) is 13.2 Å². The molecule has 0 saturated heterocycles. The first-order valence-corrected chi connectivity index (χ1v) is 9.08. The molecular formula is C20H22FN3O4S. The van der Waals surface area contributed by atoms with Crippen LogP contribution >= 0.6 is 12.2 Å². The van der Waals surface area contributed by atoms with Crippen molar-refractivity contribution in [2.45, 2.75) is 13.0 Å². The van der Waals surface area contributed by atoms with Crippen molar-refractivity contribution in [1.29, 1.82) is 0 Å². The number of benzene rings is 2. The van der Waals surface area contributed by atoms with E-state index in [-0.39, 0.29) is 17.4 Å². The van der Waals surface area contributed by atoms with E-state index in [0.29, 0.717) is 23.0 Å². The molecule has 0 aliphatic heterocycles. The molecule has 0 saturated carbocycles. The molecule has 0 aliphatic rings. The molecule has 0 fully saturated rings. The zero-order valence-corrected chi connectivity index (χ0v) is 17.1. The van der Waals surface area contributed by atoms with Gasteiger partial charge in [-0.1, -0.05) is 12.1 Å². The van der Waals surface area contributed by atoms with Crippen LogP contribution in [0.4, 0.5) is 4.39 Å². The molecule has 2 aromatic carbocycles. The first-order valence-electron chi connectivity index (χ1n) is 8.67. The summed E-state index contributed by atoms with van der Waals surface area (Å²) in [4.78, 5) is 12.2. The highest BCUT2D eigenvalue weighted by Gasteiger charge is 2.16. The van der Waals surface area contributed by atoms with Gasteiger partial charge in [-0.25, -0.2) is 9.18 Å². The van der Waals surface area contributed by atoms with Crippen molar-refractivity contribution < 1.29 is 23.4 Å². The average molecular weight is 419 g/mol. The van der Waals surface area contributed by atoms with Crippen molar-refractivity contribution in [3.63, 3.8) is 0 Å². The maximum Gasteiger partial charge on any atom is 0.346 e. The molecule has 0 aliphatic carbocycles. The molecule has 0 aromatic heterocycles. The van der Waals surface area contributed by atoms with Crippen molar-refractivity contribution >= 4 is 29.5 Å². The Bertz CT molecular complexity index is 892. The van der Waals surface area contributed by atoms with Gasteiger partial charge in [-0.05, 0) is 55.0 Å². The molecule has 1 atom stereocenters. The van der Waals surface area contributed by atoms with E-state index in [0.717, 1.165) is 0 Å². The van der Waals surface area contributed by atoms with E-state index in [1.54, 1.807) is 25.3 Å². The number of hydrogen-bond donors (Lipinski definition) is 2. The number of thiocarbonyl (C=S) groups is 1. The molecule has 0 unspecified atom stereocenters. The molecule has 0 spiro atoms. The first kappa shape index (κ1) is 22.3. The lowest BCUT2D eigenvalue weighted by Crippen LogP contribution is -2.40. The molecule has 9 heteroatoms. The van der Waals surface area contributed by atoms with Gasteiger partial charge < -0.3 is 19.5 Å². The van der Waals surface area contributed by atoms with E-state index in [1.165, 1.54) is 37.6 Å². The molecule has 0 heterocycles. The Morgan fingerprint density at radius 1 is 1.24 bits per heavy atom. The number of ether oxygens (including phenoxy) is 3. The SMILES string of the molecule is COC[C@H](C)NC(=S)N/N=C\c1ccc(OC(=O)c2ccccc2F)c(OC)c1. The predicted octanol–water partition coefficient (Wildman–Crippen LogP) is 2.89. The minimum absolute atomic E-state index is 0.0405. The van der Waals surface area contributed by atoms with Gasteiger partial charge in [0.15, 0.2) is 16.6 Å². The lowest BCUT2D eigenvalue weighted by atomic mass is 10.2. The van der Waals surface area contributed by atoms with Crippen LogP contribution in [0.2, 0.25) is 0 Å². The largest absolute Gasteiger partial charge is 0.493 e. The Morgan fingerprint density at radius 2 is 2.00 bits per heavy atom. The first-order chi connectivity index (χ1) is 13.9. The van der Waals surface area contributed by atoms with Crippen molar-refractivity contribution in [3.8, 4) is 11.5 Å². The van der Waals surface area contributed by atoms with Crippen LogP contribution < -0.4 is 20.2 Å². The molecule has 0 radical (unpaired) electrons. The van der Waals surface area contributed by atoms with Gasteiger partial charge in [0.25, 0.3) is 0 Å². The molecule has 0 bridgehead atoms. The third-order valence-corrected chi connectivity index (χ3v) is 3.87. The van der Waals surface area contributed by atoms with Gasteiger partial charge in [-0.3, -0.25) is 5.43 Å². The number of esters is 1. The van der Waals surface area contributed by atoms with Crippen LogP contribution in [-0.4, -0.2) is 44.2 Å². The van der Waals surface area contributed by atoms with Crippen LogP contribution in [-0.2, 0) is 4.74 Å². The summed E-state index contributed by atoms with van der Waals surface area (Å²) in [6.07, 6.45) is 1.53. The Balaban J connectivity index is 2.02. The number of nitrogens with zero attached hydrogens (tertiary/aromatic N) is 1. The van der Waals surface area contributed by atoms with Crippen LogP contribution in [0.3, 0.4) is 0 Å². The van der Waals surface area contributed by atoms with Gasteiger partial charge in [0.05, 0.1) is 25.5 Å². The minimum Gasteiger partial charge on any atom is -0.493 e. The van der Waals surface area contributed by atoms with Crippen LogP contribution in [0.15, 0.2) is 47.6 Å².